The number of hydrogen-bond acceptors (Lipinski definition) is 1. The summed E-state index contributed by atoms with van der Waals surface area (Å²) in [5, 5.41) is 11.2. The van der Waals surface area contributed by atoms with Gasteiger partial charge in [-0.15, -0.1) is 0 Å². The van der Waals surface area contributed by atoms with Gasteiger partial charge in [0.2, 0.25) is 0 Å². The molecule has 2 aliphatic rings. The molecule has 2 aliphatic carbocycles. The number of benzene rings is 1. The van der Waals surface area contributed by atoms with E-state index < -0.39 is 29.3 Å². The van der Waals surface area contributed by atoms with Gasteiger partial charge >= 0.3 is 155 Å². The minimum atomic E-state index is -1.94. The molecular weight excluding hydrogens is 458 g/mol. The number of allylic oxidation sites excluding steroid dienone is 5. The van der Waals surface area contributed by atoms with Crippen LogP contribution in [0, 0.1) is 0 Å². The normalized spacial score (nSPS) is 17.3. The van der Waals surface area contributed by atoms with E-state index in [0.29, 0.717) is 10.2 Å². The van der Waals surface area contributed by atoms with Gasteiger partial charge in [0.25, 0.3) is 0 Å². The zero-order valence-electron chi connectivity index (χ0n) is 16.0. The fourth-order valence-electron chi connectivity index (χ4n) is 4.11. The predicted octanol–water partition coefficient (Wildman–Crippen LogP) is -0.953. The summed E-state index contributed by atoms with van der Waals surface area (Å²) in [4.78, 5) is 0. The van der Waals surface area contributed by atoms with E-state index >= 15 is 0 Å². The van der Waals surface area contributed by atoms with Gasteiger partial charge in [-0.05, 0) is 0 Å². The summed E-state index contributed by atoms with van der Waals surface area (Å²) in [6.45, 7) is 9.92. The molecule has 1 N–H and O–H groups in total. The minimum Gasteiger partial charge on any atom is -1.00 e. The molecule has 140 valence electrons. The molecule has 0 saturated carbocycles. The summed E-state index contributed by atoms with van der Waals surface area (Å²) in [6, 6.07) is 9.91. The number of fused-ring (bicyclic) bond motifs is 1. The molecule has 26 heavy (non-hydrogen) atoms. The summed E-state index contributed by atoms with van der Waals surface area (Å²) in [5.41, 5.74) is 2.97. The molecule has 0 fully saturated rings. The first-order valence-electron chi connectivity index (χ1n) is 8.91. The first-order valence-corrected chi connectivity index (χ1v) is 16.0. The van der Waals surface area contributed by atoms with Crippen molar-refractivity contribution in [3.63, 3.8) is 0 Å². The van der Waals surface area contributed by atoms with Crippen LogP contribution in [0.5, 0.6) is 0 Å². The third-order valence-corrected chi connectivity index (χ3v) is 17.6. The fraction of sp³-hybridized carbons (Fsp3) is 0.381. The van der Waals surface area contributed by atoms with Crippen LogP contribution in [0.2, 0.25) is 19.1 Å². The van der Waals surface area contributed by atoms with E-state index in [1.165, 1.54) is 5.56 Å². The number of halogens is 2. The van der Waals surface area contributed by atoms with Crippen molar-refractivity contribution in [3.8, 4) is 0 Å². The molecule has 1 aromatic rings. The van der Waals surface area contributed by atoms with Crippen LogP contribution in [-0.2, 0) is 21.3 Å². The van der Waals surface area contributed by atoms with Gasteiger partial charge in [0.1, 0.15) is 0 Å². The Balaban J connectivity index is 0.00000169. The molecule has 0 amide bonds. The van der Waals surface area contributed by atoms with Gasteiger partial charge < -0.3 is 24.8 Å². The molecule has 0 spiro atoms. The number of rotatable bonds is 5. The fourth-order valence-corrected chi connectivity index (χ4v) is 17.5. The average Bonchev–Trinajstić information content (AvgIpc) is 3.16. The van der Waals surface area contributed by atoms with Crippen molar-refractivity contribution in [1.29, 1.82) is 0 Å². The van der Waals surface area contributed by atoms with Crippen LogP contribution in [-0.4, -0.2) is 23.0 Å². The second kappa shape index (κ2) is 9.94. The molecule has 0 heterocycles. The van der Waals surface area contributed by atoms with E-state index in [4.69, 9.17) is 0 Å². The van der Waals surface area contributed by atoms with Crippen molar-refractivity contribution in [2.75, 3.05) is 6.61 Å². The van der Waals surface area contributed by atoms with Crippen molar-refractivity contribution in [2.45, 2.75) is 43.0 Å². The molecule has 0 aliphatic heterocycles. The van der Waals surface area contributed by atoms with Crippen LogP contribution in [0.3, 0.4) is 0 Å². The summed E-state index contributed by atoms with van der Waals surface area (Å²) < 4.78 is 4.14. The second-order valence-electron chi connectivity index (χ2n) is 7.74. The maximum absolute atomic E-state index is 9.53. The summed E-state index contributed by atoms with van der Waals surface area (Å²) in [7, 11) is -1.53. The van der Waals surface area contributed by atoms with Crippen LogP contribution in [0.15, 0.2) is 51.0 Å². The Hall–Kier alpha value is -0.0500. The van der Waals surface area contributed by atoms with Gasteiger partial charge in [-0.2, -0.15) is 0 Å². The Bertz CT molecular complexity index is 774. The molecule has 5 heteroatoms. The van der Waals surface area contributed by atoms with Crippen molar-refractivity contribution in [1.82, 2.24) is 0 Å². The first kappa shape index (κ1) is 24.0. The molecule has 1 nitrogen and oxygen atoms in total. The Morgan fingerprint density at radius 3 is 2.50 bits per heavy atom. The summed E-state index contributed by atoms with van der Waals surface area (Å²) in [5.74, 6) is 0. The third kappa shape index (κ3) is 4.67. The molecular formula is C21H28Cl2OSiZr. The number of hydrogen-bond donors (Lipinski definition) is 1. The topological polar surface area (TPSA) is 20.2 Å². The van der Waals surface area contributed by atoms with E-state index in [1.807, 2.05) is 0 Å². The van der Waals surface area contributed by atoms with Crippen LogP contribution < -0.4 is 24.8 Å². The van der Waals surface area contributed by atoms with Crippen molar-refractivity contribution >= 4 is 17.4 Å². The predicted molar refractivity (Wildman–Crippen MR) is 105 cm³/mol. The summed E-state index contributed by atoms with van der Waals surface area (Å²) >= 11 is -1.94. The van der Waals surface area contributed by atoms with E-state index in [9.17, 15) is 5.11 Å². The molecule has 3 rings (SSSR count). The van der Waals surface area contributed by atoms with Gasteiger partial charge in [-0.1, -0.05) is 0 Å². The summed E-state index contributed by atoms with van der Waals surface area (Å²) in [6.07, 6.45) is 10.8. The molecule has 1 unspecified atom stereocenters. The second-order valence-corrected chi connectivity index (χ2v) is 20.0. The minimum absolute atomic E-state index is 0. The van der Waals surface area contributed by atoms with E-state index in [1.54, 1.807) is 17.2 Å². The van der Waals surface area contributed by atoms with Crippen molar-refractivity contribution in [2.24, 2.45) is 0 Å². The van der Waals surface area contributed by atoms with Crippen molar-refractivity contribution in [3.05, 3.63) is 62.1 Å². The quantitative estimate of drug-likeness (QED) is 0.532. The van der Waals surface area contributed by atoms with Crippen LogP contribution >= 0.6 is 0 Å². The Labute approximate surface area is 179 Å². The van der Waals surface area contributed by atoms with Crippen LogP contribution in [0.25, 0.3) is 6.08 Å². The zero-order chi connectivity index (χ0) is 17.3. The van der Waals surface area contributed by atoms with E-state index in [-0.39, 0.29) is 24.8 Å². The standard InChI is InChI=1S/C9H15OSi.C9H7.C3H6.2ClH.Zr/c1-11(2,8-7-10)9-5-3-4-6-9;1-2-5-9-7-3-6-8(9)4-1;1-3-2;;;/h3,5,10H,4,7-8H2,1-2H3;1-7H;1-2H3;2*1H;/q;;;;;+2/p-2. The largest absolute Gasteiger partial charge is 1.00 e. The van der Waals surface area contributed by atoms with Crippen LogP contribution in [0.4, 0.5) is 0 Å². The van der Waals surface area contributed by atoms with Gasteiger partial charge in [-0.3, -0.25) is 0 Å². The third-order valence-electron chi connectivity index (χ3n) is 5.37. The monoisotopic (exact) mass is 484 g/mol. The Kier molecular flexibility index (Phi) is 9.17. The average molecular weight is 487 g/mol. The molecule has 0 aromatic heterocycles. The Morgan fingerprint density at radius 2 is 1.85 bits per heavy atom. The zero-order valence-corrected chi connectivity index (χ0v) is 21.0. The number of aliphatic hydroxyl groups excluding tert-OH is 1. The maximum Gasteiger partial charge on any atom is -1.00 e. The molecule has 1 aromatic carbocycles. The molecule has 0 radical (unpaired) electrons. The smallest absolute Gasteiger partial charge is 1.00 e. The van der Waals surface area contributed by atoms with E-state index in [0.717, 1.165) is 12.5 Å². The maximum atomic E-state index is 9.53. The van der Waals surface area contributed by atoms with Crippen LogP contribution in [0.1, 0.15) is 35.0 Å². The van der Waals surface area contributed by atoms with Gasteiger partial charge in [0.15, 0.2) is 0 Å². The SMILES string of the molecule is C[C](C)=[Zr+2]([C]1=C([Si](C)(C)CCO)C=CC1)[CH]1C=Cc2ccccc21.[Cl-].[Cl-]. The number of aliphatic hydroxyl groups is 1. The first-order chi connectivity index (χ1) is 11.5. The van der Waals surface area contributed by atoms with E-state index in [2.05, 4.69) is 75.5 Å². The van der Waals surface area contributed by atoms with Gasteiger partial charge in [0.05, 0.1) is 0 Å². The van der Waals surface area contributed by atoms with Gasteiger partial charge in [0, 0.05) is 0 Å². The molecule has 0 bridgehead atoms. The Morgan fingerprint density at radius 1 is 1.15 bits per heavy atom. The molecule has 0 saturated heterocycles. The van der Waals surface area contributed by atoms with Gasteiger partial charge in [-0.25, -0.2) is 0 Å². The molecule has 1 atom stereocenters. The van der Waals surface area contributed by atoms with Crippen molar-refractivity contribution < 1.29 is 51.2 Å².